The molecule has 0 radical (unpaired) electrons. The van der Waals surface area contributed by atoms with Crippen molar-refractivity contribution in [3.8, 4) is 11.8 Å². The molecule has 0 spiro atoms. The Labute approximate surface area is 154 Å². The van der Waals surface area contributed by atoms with Crippen molar-refractivity contribution in [2.24, 2.45) is 0 Å². The van der Waals surface area contributed by atoms with Crippen LogP contribution in [0.2, 0.25) is 0 Å². The van der Waals surface area contributed by atoms with E-state index < -0.39 is 6.61 Å². The molecule has 0 aromatic carbocycles. The summed E-state index contributed by atoms with van der Waals surface area (Å²) in [7, 11) is 0. The third-order valence-electron chi connectivity index (χ3n) is 4.36. The minimum absolute atomic E-state index is 0. The quantitative estimate of drug-likeness (QED) is 0.699. The second-order valence-electron chi connectivity index (χ2n) is 6.21. The smallest absolute Gasteiger partial charge is 0.388 e. The third kappa shape index (κ3) is 4.50. The number of anilines is 2. The van der Waals surface area contributed by atoms with Gasteiger partial charge in [0.25, 0.3) is 0 Å². The monoisotopic (exact) mass is 388 g/mol. The number of fused-ring (bicyclic) bond motifs is 2. The van der Waals surface area contributed by atoms with Crippen LogP contribution < -0.4 is 20.1 Å². The van der Waals surface area contributed by atoms with E-state index in [1.807, 2.05) is 0 Å². The highest BCUT2D eigenvalue weighted by atomic mass is 35.5. The minimum atomic E-state index is -2.91. The molecule has 2 saturated heterocycles. The molecule has 2 aliphatic rings. The lowest BCUT2D eigenvalue weighted by Crippen LogP contribution is -2.42. The zero-order chi connectivity index (χ0) is 17.2. The minimum Gasteiger partial charge on any atom is -0.473 e. The lowest BCUT2D eigenvalue weighted by molar-refractivity contribution is -0.0528. The number of alkyl halides is 2. The number of halogens is 3. The number of aromatic nitrogens is 4. The van der Waals surface area contributed by atoms with E-state index in [1.54, 1.807) is 6.20 Å². The summed E-state index contributed by atoms with van der Waals surface area (Å²) in [6.07, 6.45) is 7.50. The Morgan fingerprint density at radius 1 is 1.15 bits per heavy atom. The number of nitrogens with zero attached hydrogens (tertiary/aromatic N) is 3. The average Bonchev–Trinajstić information content (AvgIpc) is 3.13. The molecule has 8 nitrogen and oxygen atoms in total. The fourth-order valence-electron chi connectivity index (χ4n) is 3.39. The van der Waals surface area contributed by atoms with E-state index in [-0.39, 0.29) is 24.4 Å². The predicted molar refractivity (Wildman–Crippen MR) is 91.4 cm³/mol. The largest absolute Gasteiger partial charge is 0.473 e. The van der Waals surface area contributed by atoms with Crippen LogP contribution in [-0.2, 0) is 0 Å². The van der Waals surface area contributed by atoms with Gasteiger partial charge in [-0.3, -0.25) is 4.98 Å². The summed E-state index contributed by atoms with van der Waals surface area (Å²) in [6, 6.07) is 2.36. The molecule has 2 bridgehead atoms. The van der Waals surface area contributed by atoms with Gasteiger partial charge in [0.05, 0.1) is 12.4 Å². The van der Waals surface area contributed by atoms with Crippen LogP contribution in [0.3, 0.4) is 0 Å². The maximum absolute atomic E-state index is 12.2. The van der Waals surface area contributed by atoms with Crippen molar-refractivity contribution >= 4 is 24.0 Å². The molecule has 2 aromatic rings. The lowest BCUT2D eigenvalue weighted by Gasteiger charge is -2.29. The molecular weight excluding hydrogens is 370 g/mol. The maximum Gasteiger partial charge on any atom is 0.388 e. The van der Waals surface area contributed by atoms with Gasteiger partial charge in [0.15, 0.2) is 11.6 Å². The normalized spacial score (nSPS) is 24.2. The number of hydrogen-bond acceptors (Lipinski definition) is 7. The molecule has 3 atom stereocenters. The number of rotatable bonds is 6. The van der Waals surface area contributed by atoms with Crippen LogP contribution in [0, 0.1) is 0 Å². The number of hydrogen-bond donors (Lipinski definition) is 3. The SMILES string of the molecule is Cl.FC(F)Oc1cc(Nc2cncc(OC3C[C@H]4CC[C@@H](C3)N4)n2)n[nH]1. The zero-order valence-electron chi connectivity index (χ0n) is 13.7. The lowest BCUT2D eigenvalue weighted by atomic mass is 10.0. The van der Waals surface area contributed by atoms with Gasteiger partial charge >= 0.3 is 6.61 Å². The average molecular weight is 389 g/mol. The van der Waals surface area contributed by atoms with Crippen molar-refractivity contribution in [3.63, 3.8) is 0 Å². The Hall–Kier alpha value is -2.20. The molecule has 26 heavy (non-hydrogen) atoms. The Balaban J connectivity index is 0.00000196. The van der Waals surface area contributed by atoms with Gasteiger partial charge < -0.3 is 20.1 Å². The Morgan fingerprint density at radius 2 is 1.92 bits per heavy atom. The number of ether oxygens (including phenoxy) is 2. The van der Waals surface area contributed by atoms with Crippen molar-refractivity contribution < 1.29 is 18.3 Å². The van der Waals surface area contributed by atoms with Gasteiger partial charge in [0, 0.05) is 18.2 Å². The zero-order valence-corrected chi connectivity index (χ0v) is 14.5. The summed E-state index contributed by atoms with van der Waals surface area (Å²) in [6.45, 7) is -2.91. The van der Waals surface area contributed by atoms with E-state index >= 15 is 0 Å². The number of nitrogens with one attached hydrogen (secondary N) is 3. The molecule has 0 saturated carbocycles. The molecule has 0 amide bonds. The van der Waals surface area contributed by atoms with Crippen molar-refractivity contribution in [1.82, 2.24) is 25.5 Å². The highest BCUT2D eigenvalue weighted by molar-refractivity contribution is 5.85. The van der Waals surface area contributed by atoms with E-state index in [0.29, 0.717) is 29.6 Å². The van der Waals surface area contributed by atoms with Gasteiger partial charge in [-0.1, -0.05) is 0 Å². The fourth-order valence-corrected chi connectivity index (χ4v) is 3.39. The first-order valence-electron chi connectivity index (χ1n) is 8.16. The summed E-state index contributed by atoms with van der Waals surface area (Å²) in [5.41, 5.74) is 0. The first-order chi connectivity index (χ1) is 12.1. The van der Waals surface area contributed by atoms with E-state index in [9.17, 15) is 8.78 Å². The Kier molecular flexibility index (Phi) is 5.72. The molecular formula is C15H19ClF2N6O2. The summed E-state index contributed by atoms with van der Waals surface area (Å²) in [5, 5.41) is 12.6. The molecule has 142 valence electrons. The summed E-state index contributed by atoms with van der Waals surface area (Å²) in [4.78, 5) is 8.44. The van der Waals surface area contributed by atoms with E-state index in [0.717, 1.165) is 12.8 Å². The molecule has 2 aliphatic heterocycles. The fraction of sp³-hybridized carbons (Fsp3) is 0.533. The van der Waals surface area contributed by atoms with Gasteiger partial charge in [-0.2, -0.15) is 18.9 Å². The van der Waals surface area contributed by atoms with Crippen LogP contribution in [0.25, 0.3) is 0 Å². The molecule has 4 rings (SSSR count). The Bertz CT molecular complexity index is 722. The number of piperidine rings is 1. The third-order valence-corrected chi connectivity index (χ3v) is 4.36. The van der Waals surface area contributed by atoms with Gasteiger partial charge in [0.2, 0.25) is 11.8 Å². The van der Waals surface area contributed by atoms with Gasteiger partial charge in [-0.15, -0.1) is 12.4 Å². The molecule has 2 aromatic heterocycles. The van der Waals surface area contributed by atoms with Gasteiger partial charge in [-0.05, 0) is 25.7 Å². The van der Waals surface area contributed by atoms with Crippen LogP contribution >= 0.6 is 12.4 Å². The van der Waals surface area contributed by atoms with Crippen molar-refractivity contribution in [3.05, 3.63) is 18.5 Å². The molecule has 4 heterocycles. The highest BCUT2D eigenvalue weighted by Gasteiger charge is 2.34. The second kappa shape index (κ2) is 8.00. The van der Waals surface area contributed by atoms with Gasteiger partial charge in [-0.25, -0.2) is 5.10 Å². The number of H-pyrrole nitrogens is 1. The van der Waals surface area contributed by atoms with Crippen LogP contribution in [0.4, 0.5) is 20.4 Å². The second-order valence-corrected chi connectivity index (χ2v) is 6.21. The maximum atomic E-state index is 12.2. The van der Waals surface area contributed by atoms with Crippen molar-refractivity contribution in [1.29, 1.82) is 0 Å². The van der Waals surface area contributed by atoms with Crippen LogP contribution in [-0.4, -0.2) is 45.0 Å². The van der Waals surface area contributed by atoms with Crippen LogP contribution in [0.1, 0.15) is 25.7 Å². The van der Waals surface area contributed by atoms with E-state index in [2.05, 4.69) is 35.5 Å². The Morgan fingerprint density at radius 3 is 2.65 bits per heavy atom. The molecule has 1 unspecified atom stereocenters. The standard InChI is InChI=1S/C15H18F2N6O2.ClH/c16-15(17)25-13-5-11(22-23-13)20-12-6-18-7-14(21-12)24-10-3-8-1-2-9(4-10)19-8;/h5-10,15,19H,1-4H2,(H2,20,21,22,23);1H/t8-,9+,10?;. The first kappa shape index (κ1) is 18.6. The number of aromatic amines is 1. The summed E-state index contributed by atoms with van der Waals surface area (Å²) in [5.74, 6) is 0.991. The predicted octanol–water partition coefficient (Wildman–Crippen LogP) is 2.63. The van der Waals surface area contributed by atoms with Crippen molar-refractivity contribution in [2.45, 2.75) is 50.5 Å². The van der Waals surface area contributed by atoms with E-state index in [4.69, 9.17) is 4.74 Å². The summed E-state index contributed by atoms with van der Waals surface area (Å²) < 4.78 is 34.5. The molecule has 11 heteroatoms. The van der Waals surface area contributed by atoms with Crippen LogP contribution in [0.5, 0.6) is 11.8 Å². The molecule has 0 aliphatic carbocycles. The topological polar surface area (TPSA) is 97.0 Å². The van der Waals surface area contributed by atoms with E-state index in [1.165, 1.54) is 25.1 Å². The van der Waals surface area contributed by atoms with Crippen LogP contribution in [0.15, 0.2) is 18.5 Å². The van der Waals surface area contributed by atoms with Gasteiger partial charge in [0.1, 0.15) is 6.10 Å². The summed E-state index contributed by atoms with van der Waals surface area (Å²) >= 11 is 0. The highest BCUT2D eigenvalue weighted by Crippen LogP contribution is 2.29. The first-order valence-corrected chi connectivity index (χ1v) is 8.16. The molecule has 2 fully saturated rings. The van der Waals surface area contributed by atoms with Crippen molar-refractivity contribution in [2.75, 3.05) is 5.32 Å². The molecule has 3 N–H and O–H groups in total.